The Balaban J connectivity index is 1.81. The van der Waals surface area contributed by atoms with Gasteiger partial charge in [-0.3, -0.25) is 10.1 Å². The van der Waals surface area contributed by atoms with E-state index >= 15 is 0 Å². The number of nitrogens with zero attached hydrogens (tertiary/aromatic N) is 1. The van der Waals surface area contributed by atoms with Crippen LogP contribution in [0.3, 0.4) is 0 Å². The van der Waals surface area contributed by atoms with E-state index in [1.807, 2.05) is 6.07 Å². The number of nitro benzene ring substituents is 1. The van der Waals surface area contributed by atoms with E-state index in [9.17, 15) is 10.1 Å². The number of nitro groups is 1. The monoisotopic (exact) mass is 365 g/mol. The molecular weight excluding hydrogens is 354 g/mol. The summed E-state index contributed by atoms with van der Waals surface area (Å²) < 4.78 is 0. The van der Waals surface area contributed by atoms with Crippen molar-refractivity contribution in [2.45, 2.75) is 17.7 Å². The molecule has 0 aliphatic heterocycles. The normalized spacial score (nSPS) is 20.3. The summed E-state index contributed by atoms with van der Waals surface area (Å²) in [6.45, 7) is 0. The van der Waals surface area contributed by atoms with Crippen LogP contribution in [0.1, 0.15) is 21.5 Å². The van der Waals surface area contributed by atoms with Gasteiger partial charge in [-0.15, -0.1) is 0 Å². The van der Waals surface area contributed by atoms with Gasteiger partial charge in [-0.05, 0) is 35.4 Å². The molecule has 5 heteroatoms. The minimum absolute atomic E-state index is 0.0360. The quantitative estimate of drug-likeness (QED) is 0.431. The van der Waals surface area contributed by atoms with Crippen LogP contribution in [0.25, 0.3) is 0 Å². The van der Waals surface area contributed by atoms with Crippen molar-refractivity contribution in [3.8, 4) is 0 Å². The van der Waals surface area contributed by atoms with Crippen molar-refractivity contribution >= 4 is 33.2 Å². The fourth-order valence-corrected chi connectivity index (χ4v) is 3.97. The lowest BCUT2D eigenvalue weighted by molar-refractivity contribution is -0.384. The van der Waals surface area contributed by atoms with E-state index in [-0.39, 0.29) is 5.69 Å². The molecule has 0 bridgehead atoms. The van der Waals surface area contributed by atoms with Gasteiger partial charge < -0.3 is 0 Å². The van der Waals surface area contributed by atoms with Crippen LogP contribution >= 0.6 is 27.5 Å². The summed E-state index contributed by atoms with van der Waals surface area (Å²) in [7, 11) is 0. The lowest BCUT2D eigenvalue weighted by Gasteiger charge is -2.15. The summed E-state index contributed by atoms with van der Waals surface area (Å²) in [5.41, 5.74) is 3.70. The molecule has 2 aromatic carbocycles. The number of hydrogen-bond donors (Lipinski definition) is 0. The molecule has 1 aliphatic rings. The molecule has 3 nitrogen and oxygen atoms in total. The zero-order chi connectivity index (χ0) is 15.0. The third kappa shape index (κ3) is 2.83. The predicted octanol–water partition coefficient (Wildman–Crippen LogP) is 5.10. The lowest BCUT2D eigenvalue weighted by Crippen LogP contribution is -2.07. The standard InChI is InChI=1S/C16H13BrClNO2/c17-16-12(7-10-3-1-2-4-14(10)16)8-11-5-6-13(19(20)21)9-15(11)18/h1-6,9,12,16H,7-8H2. The third-order valence-electron chi connectivity index (χ3n) is 3.98. The van der Waals surface area contributed by atoms with Gasteiger partial charge in [0, 0.05) is 17.0 Å². The molecule has 0 N–H and O–H groups in total. The summed E-state index contributed by atoms with van der Waals surface area (Å²) in [6, 6.07) is 13.1. The number of fused-ring (bicyclic) bond motifs is 1. The van der Waals surface area contributed by atoms with Gasteiger partial charge in [0.05, 0.1) is 9.95 Å². The number of rotatable bonds is 3. The Morgan fingerprint density at radius 2 is 2.05 bits per heavy atom. The van der Waals surface area contributed by atoms with E-state index in [1.54, 1.807) is 6.07 Å². The average Bonchev–Trinajstić information content (AvgIpc) is 2.78. The molecule has 0 amide bonds. The van der Waals surface area contributed by atoms with Crippen molar-refractivity contribution in [1.29, 1.82) is 0 Å². The van der Waals surface area contributed by atoms with Gasteiger partial charge in [0.1, 0.15) is 0 Å². The Kier molecular flexibility index (Phi) is 4.00. The van der Waals surface area contributed by atoms with Crippen LogP contribution in [0.15, 0.2) is 42.5 Å². The van der Waals surface area contributed by atoms with Crippen molar-refractivity contribution < 1.29 is 4.92 Å². The molecule has 0 spiro atoms. The first-order valence-electron chi connectivity index (χ1n) is 6.71. The van der Waals surface area contributed by atoms with E-state index in [1.165, 1.54) is 23.3 Å². The molecule has 0 saturated carbocycles. The lowest BCUT2D eigenvalue weighted by atomic mass is 9.96. The van der Waals surface area contributed by atoms with Crippen molar-refractivity contribution in [2.75, 3.05) is 0 Å². The fraction of sp³-hybridized carbons (Fsp3) is 0.250. The van der Waals surface area contributed by atoms with Gasteiger partial charge in [0.25, 0.3) is 5.69 Å². The minimum Gasteiger partial charge on any atom is -0.258 e. The number of non-ortho nitro benzene ring substituents is 1. The number of hydrogen-bond acceptors (Lipinski definition) is 2. The van der Waals surface area contributed by atoms with E-state index in [4.69, 9.17) is 11.6 Å². The maximum Gasteiger partial charge on any atom is 0.270 e. The fourth-order valence-electron chi connectivity index (χ4n) is 2.90. The maximum atomic E-state index is 10.7. The van der Waals surface area contributed by atoms with Crippen LogP contribution < -0.4 is 0 Å². The van der Waals surface area contributed by atoms with Crippen LogP contribution in [0.5, 0.6) is 0 Å². The van der Waals surface area contributed by atoms with Gasteiger partial charge in [-0.25, -0.2) is 0 Å². The molecule has 0 heterocycles. The van der Waals surface area contributed by atoms with Crippen molar-refractivity contribution in [3.05, 3.63) is 74.3 Å². The van der Waals surface area contributed by atoms with Crippen LogP contribution in [0.4, 0.5) is 5.69 Å². The summed E-state index contributed by atoms with van der Waals surface area (Å²) in [5.74, 6) is 0.418. The topological polar surface area (TPSA) is 43.1 Å². The van der Waals surface area contributed by atoms with E-state index in [0.717, 1.165) is 18.4 Å². The Morgan fingerprint density at radius 1 is 1.29 bits per heavy atom. The molecule has 0 aromatic heterocycles. The van der Waals surface area contributed by atoms with E-state index in [2.05, 4.69) is 34.1 Å². The molecule has 3 rings (SSSR count). The summed E-state index contributed by atoms with van der Waals surface area (Å²) in [4.78, 5) is 10.6. The van der Waals surface area contributed by atoms with Gasteiger partial charge in [-0.2, -0.15) is 0 Å². The largest absolute Gasteiger partial charge is 0.270 e. The molecule has 0 radical (unpaired) electrons. The zero-order valence-electron chi connectivity index (χ0n) is 11.1. The molecule has 0 fully saturated rings. The predicted molar refractivity (Wildman–Crippen MR) is 87.1 cm³/mol. The Hall–Kier alpha value is -1.39. The highest BCUT2D eigenvalue weighted by molar-refractivity contribution is 9.09. The van der Waals surface area contributed by atoms with Crippen molar-refractivity contribution in [3.63, 3.8) is 0 Å². The third-order valence-corrected chi connectivity index (χ3v) is 5.57. The Morgan fingerprint density at radius 3 is 2.71 bits per heavy atom. The summed E-state index contributed by atoms with van der Waals surface area (Å²) >= 11 is 9.96. The highest BCUT2D eigenvalue weighted by atomic mass is 79.9. The molecule has 108 valence electrons. The molecule has 2 atom stereocenters. The van der Waals surface area contributed by atoms with Crippen molar-refractivity contribution in [2.24, 2.45) is 5.92 Å². The summed E-state index contributed by atoms with van der Waals surface area (Å²) in [6.07, 6.45) is 1.81. The van der Waals surface area contributed by atoms with E-state index in [0.29, 0.717) is 15.8 Å². The first kappa shape index (κ1) is 14.5. The molecular formula is C16H13BrClNO2. The minimum atomic E-state index is -0.422. The number of benzene rings is 2. The summed E-state index contributed by atoms with van der Waals surface area (Å²) in [5, 5.41) is 11.2. The highest BCUT2D eigenvalue weighted by Crippen LogP contribution is 2.44. The van der Waals surface area contributed by atoms with E-state index < -0.39 is 4.92 Å². The van der Waals surface area contributed by atoms with Crippen LogP contribution in [-0.2, 0) is 12.8 Å². The highest BCUT2D eigenvalue weighted by Gasteiger charge is 2.30. The van der Waals surface area contributed by atoms with Gasteiger partial charge in [0.2, 0.25) is 0 Å². The first-order chi connectivity index (χ1) is 10.1. The van der Waals surface area contributed by atoms with Crippen LogP contribution in [-0.4, -0.2) is 4.92 Å². The van der Waals surface area contributed by atoms with Gasteiger partial charge in [0.15, 0.2) is 0 Å². The molecule has 21 heavy (non-hydrogen) atoms. The van der Waals surface area contributed by atoms with Crippen LogP contribution in [0.2, 0.25) is 5.02 Å². The Labute approximate surface area is 136 Å². The first-order valence-corrected chi connectivity index (χ1v) is 8.00. The molecule has 2 aromatic rings. The molecule has 1 aliphatic carbocycles. The second-order valence-corrected chi connectivity index (χ2v) is 6.70. The maximum absolute atomic E-state index is 10.7. The molecule has 0 saturated heterocycles. The van der Waals surface area contributed by atoms with Gasteiger partial charge in [-0.1, -0.05) is 57.9 Å². The molecule has 2 unspecified atom stereocenters. The SMILES string of the molecule is O=[N+]([O-])c1ccc(CC2Cc3ccccc3C2Br)c(Cl)c1. The van der Waals surface area contributed by atoms with Crippen LogP contribution in [0, 0.1) is 16.0 Å². The smallest absolute Gasteiger partial charge is 0.258 e. The number of halogens is 2. The van der Waals surface area contributed by atoms with Gasteiger partial charge >= 0.3 is 0 Å². The van der Waals surface area contributed by atoms with Crippen molar-refractivity contribution in [1.82, 2.24) is 0 Å². The zero-order valence-corrected chi connectivity index (χ0v) is 13.5. The second-order valence-electron chi connectivity index (χ2n) is 5.30. The number of alkyl halides is 1. The average molecular weight is 367 g/mol. The second kappa shape index (κ2) is 5.78. The Bertz CT molecular complexity index is 704.